The Morgan fingerprint density at radius 2 is 2.08 bits per heavy atom. The molecule has 0 radical (unpaired) electrons. The zero-order valence-electron chi connectivity index (χ0n) is 6.25. The van der Waals surface area contributed by atoms with Gasteiger partial charge in [0.15, 0.2) is 6.09 Å². The van der Waals surface area contributed by atoms with Crippen molar-refractivity contribution >= 4 is 12.4 Å². The second-order valence-corrected chi connectivity index (χ2v) is 2.20. The largest absolute Gasteiger partial charge is 0.529 e. The Balaban J connectivity index is 4.35. The average Bonchev–Trinajstić information content (AvgIpc) is 1.97. The molecule has 76 valence electrons. The minimum absolute atomic E-state index is 0.205. The molecule has 1 unspecified atom stereocenters. The van der Waals surface area contributed by atoms with Crippen molar-refractivity contribution in [3.05, 3.63) is 0 Å². The summed E-state index contributed by atoms with van der Waals surface area (Å²) in [6.45, 7) is 0. The molecular weight excluding hydrogens is 193 g/mol. The van der Waals surface area contributed by atoms with Crippen molar-refractivity contribution in [2.75, 3.05) is 0 Å². The third-order valence-corrected chi connectivity index (χ3v) is 1.17. The van der Waals surface area contributed by atoms with E-state index < -0.39 is 24.7 Å². The van der Waals surface area contributed by atoms with Crippen LogP contribution in [0.5, 0.6) is 0 Å². The fraction of sp³-hybridized carbons (Fsp3) is 0.600. The van der Waals surface area contributed by atoms with E-state index in [0.717, 1.165) is 0 Å². The first-order chi connectivity index (χ1) is 5.78. The summed E-state index contributed by atoms with van der Waals surface area (Å²) in [6.07, 6.45) is -8.52. The van der Waals surface area contributed by atoms with Crippen LogP contribution in [0.4, 0.5) is 18.0 Å². The molecule has 0 aromatic rings. The van der Waals surface area contributed by atoms with Crippen LogP contribution in [0.25, 0.3) is 0 Å². The summed E-state index contributed by atoms with van der Waals surface area (Å²) < 4.78 is 35.0. The summed E-state index contributed by atoms with van der Waals surface area (Å²) in [7, 11) is 0. The van der Waals surface area contributed by atoms with Crippen LogP contribution < -0.4 is 10.9 Å². The van der Waals surface area contributed by atoms with E-state index in [9.17, 15) is 27.9 Å². The molecule has 0 aromatic carbocycles. The van der Waals surface area contributed by atoms with Crippen molar-refractivity contribution in [3.8, 4) is 0 Å². The predicted octanol–water partition coefficient (Wildman–Crippen LogP) is -0.975. The van der Waals surface area contributed by atoms with Crippen LogP contribution in [0.2, 0.25) is 0 Å². The van der Waals surface area contributed by atoms with E-state index in [-0.39, 0.29) is 11.3 Å². The number of alkyl halides is 3. The Morgan fingerprint density at radius 1 is 1.62 bits per heavy atom. The van der Waals surface area contributed by atoms with Crippen LogP contribution in [-0.2, 0) is 4.79 Å². The number of halogens is 3. The summed E-state index contributed by atoms with van der Waals surface area (Å²) in [5.41, 5.74) is 0. The lowest BCUT2D eigenvalue weighted by atomic mass is 10.2. The maximum Gasteiger partial charge on any atom is 0.391 e. The molecule has 2 N–H and O–H groups in total. The number of hydrazine groups is 1. The van der Waals surface area contributed by atoms with Crippen LogP contribution in [0.15, 0.2) is 0 Å². The maximum atomic E-state index is 11.7. The van der Waals surface area contributed by atoms with E-state index >= 15 is 0 Å². The quantitative estimate of drug-likeness (QED) is 0.274. The number of hydrogen-bond acceptors (Lipinski definition) is 4. The SMILES string of the molecule is NN(C(=O)[O-])C(C=O)CC(F)(F)F. The van der Waals surface area contributed by atoms with Gasteiger partial charge < -0.3 is 14.7 Å². The molecule has 0 saturated heterocycles. The van der Waals surface area contributed by atoms with E-state index in [1.54, 1.807) is 0 Å². The van der Waals surface area contributed by atoms with Gasteiger partial charge in [-0.3, -0.25) is 5.01 Å². The number of carbonyl (C=O) groups excluding carboxylic acids is 2. The number of carboxylic acid groups (broad SMARTS) is 1. The average molecular weight is 199 g/mol. The Bertz CT molecular complexity index is 206. The Hall–Kier alpha value is -1.31. The molecule has 0 bridgehead atoms. The highest BCUT2D eigenvalue weighted by molar-refractivity contribution is 5.69. The normalized spacial score (nSPS) is 13.5. The molecule has 13 heavy (non-hydrogen) atoms. The van der Waals surface area contributed by atoms with E-state index in [0.29, 0.717) is 0 Å². The first-order valence-electron chi connectivity index (χ1n) is 3.05. The zero-order valence-corrected chi connectivity index (χ0v) is 6.25. The van der Waals surface area contributed by atoms with Crippen LogP contribution in [0.3, 0.4) is 0 Å². The molecule has 8 heteroatoms. The van der Waals surface area contributed by atoms with Crippen LogP contribution >= 0.6 is 0 Å². The molecule has 0 fully saturated rings. The minimum Gasteiger partial charge on any atom is -0.529 e. The lowest BCUT2D eigenvalue weighted by Gasteiger charge is -2.25. The molecular formula is C5H6F3N2O3-. The Morgan fingerprint density at radius 3 is 2.31 bits per heavy atom. The first-order valence-corrected chi connectivity index (χ1v) is 3.05. The third kappa shape index (κ3) is 4.31. The van der Waals surface area contributed by atoms with Crippen LogP contribution in [0, 0.1) is 0 Å². The highest BCUT2D eigenvalue weighted by Crippen LogP contribution is 2.22. The summed E-state index contributed by atoms with van der Waals surface area (Å²) in [6, 6.07) is -1.95. The smallest absolute Gasteiger partial charge is 0.391 e. The maximum absolute atomic E-state index is 11.7. The van der Waals surface area contributed by atoms with Crippen molar-refractivity contribution < 1.29 is 27.9 Å². The molecule has 0 aliphatic rings. The standard InChI is InChI=1S/C5H7F3N2O3/c6-5(7,8)1-3(2-11)10(9)4(12)13/h2-3H,1,9H2,(H,12,13)/p-1. The second-order valence-electron chi connectivity index (χ2n) is 2.20. The number of aldehydes is 1. The second kappa shape index (κ2) is 4.08. The van der Waals surface area contributed by atoms with Crippen molar-refractivity contribution in [1.82, 2.24) is 5.01 Å². The van der Waals surface area contributed by atoms with Gasteiger partial charge in [-0.25, -0.2) is 5.84 Å². The molecule has 0 aromatic heterocycles. The van der Waals surface area contributed by atoms with Crippen molar-refractivity contribution in [2.45, 2.75) is 18.6 Å². The topological polar surface area (TPSA) is 86.5 Å². The predicted molar refractivity (Wildman–Crippen MR) is 31.9 cm³/mol. The lowest BCUT2D eigenvalue weighted by Crippen LogP contribution is -2.53. The van der Waals surface area contributed by atoms with Crippen molar-refractivity contribution in [2.24, 2.45) is 5.84 Å². The van der Waals surface area contributed by atoms with Gasteiger partial charge in [0.2, 0.25) is 0 Å². The Labute approximate surface area is 70.9 Å². The molecule has 1 atom stereocenters. The highest BCUT2D eigenvalue weighted by atomic mass is 19.4. The zero-order chi connectivity index (χ0) is 10.6. The molecule has 0 rings (SSSR count). The number of nitrogens with two attached hydrogens (primary N) is 1. The summed E-state index contributed by atoms with van der Waals surface area (Å²) in [5, 5.41) is 9.66. The summed E-state index contributed by atoms with van der Waals surface area (Å²) in [5.74, 6) is 4.62. The number of nitrogens with zero attached hydrogens (tertiary/aromatic N) is 1. The van der Waals surface area contributed by atoms with E-state index in [1.165, 1.54) is 0 Å². The number of amides is 1. The molecule has 1 amide bonds. The Kier molecular flexibility index (Phi) is 3.67. The fourth-order valence-corrected chi connectivity index (χ4v) is 0.585. The highest BCUT2D eigenvalue weighted by Gasteiger charge is 2.34. The van der Waals surface area contributed by atoms with Gasteiger partial charge in [-0.2, -0.15) is 13.2 Å². The van der Waals surface area contributed by atoms with Crippen LogP contribution in [-0.4, -0.2) is 29.6 Å². The summed E-state index contributed by atoms with van der Waals surface area (Å²) in [4.78, 5) is 20.0. The minimum atomic E-state index is -4.65. The fourth-order valence-electron chi connectivity index (χ4n) is 0.585. The number of rotatable bonds is 3. The molecule has 0 heterocycles. The summed E-state index contributed by atoms with van der Waals surface area (Å²) >= 11 is 0. The van der Waals surface area contributed by atoms with Gasteiger partial charge in [0, 0.05) is 0 Å². The lowest BCUT2D eigenvalue weighted by molar-refractivity contribution is -0.269. The number of carbonyl (C=O) groups is 2. The first kappa shape index (κ1) is 11.7. The van der Waals surface area contributed by atoms with Gasteiger partial charge in [0.25, 0.3) is 0 Å². The van der Waals surface area contributed by atoms with Gasteiger partial charge in [0.05, 0.1) is 6.42 Å². The number of hydrogen-bond donors (Lipinski definition) is 1. The molecule has 0 spiro atoms. The van der Waals surface area contributed by atoms with Gasteiger partial charge >= 0.3 is 6.18 Å². The molecule has 5 nitrogen and oxygen atoms in total. The third-order valence-electron chi connectivity index (χ3n) is 1.17. The van der Waals surface area contributed by atoms with Crippen LogP contribution in [0.1, 0.15) is 6.42 Å². The van der Waals surface area contributed by atoms with Crippen molar-refractivity contribution in [3.63, 3.8) is 0 Å². The monoisotopic (exact) mass is 199 g/mol. The van der Waals surface area contributed by atoms with Gasteiger partial charge in [-0.15, -0.1) is 0 Å². The van der Waals surface area contributed by atoms with Gasteiger partial charge in [-0.1, -0.05) is 0 Å². The molecule has 0 aliphatic carbocycles. The van der Waals surface area contributed by atoms with E-state index in [1.807, 2.05) is 0 Å². The van der Waals surface area contributed by atoms with E-state index in [4.69, 9.17) is 0 Å². The molecule has 0 aliphatic heterocycles. The van der Waals surface area contributed by atoms with Gasteiger partial charge in [-0.05, 0) is 0 Å². The molecule has 0 saturated carbocycles. The van der Waals surface area contributed by atoms with Gasteiger partial charge in [0.1, 0.15) is 12.3 Å². The van der Waals surface area contributed by atoms with E-state index in [2.05, 4.69) is 5.84 Å². The van der Waals surface area contributed by atoms with Crippen molar-refractivity contribution in [1.29, 1.82) is 0 Å².